The first kappa shape index (κ1) is 10.4. The molecule has 1 atom stereocenters. The zero-order chi connectivity index (χ0) is 10.8. The summed E-state index contributed by atoms with van der Waals surface area (Å²) in [5.74, 6) is -1.57. The molecule has 82 valence electrons. The van der Waals surface area contributed by atoms with E-state index in [1.54, 1.807) is 6.07 Å². The highest BCUT2D eigenvalue weighted by Crippen LogP contribution is 2.19. The summed E-state index contributed by atoms with van der Waals surface area (Å²) in [6.45, 7) is 4.60. The SMILES string of the molecule is C[C@@H]1CN(c2ccc(F)c(F)c2)CCN1. The van der Waals surface area contributed by atoms with Crippen molar-refractivity contribution in [1.82, 2.24) is 5.32 Å². The zero-order valence-electron chi connectivity index (χ0n) is 8.63. The minimum Gasteiger partial charge on any atom is -0.369 e. The summed E-state index contributed by atoms with van der Waals surface area (Å²) in [7, 11) is 0. The topological polar surface area (TPSA) is 15.3 Å². The van der Waals surface area contributed by atoms with Crippen LogP contribution in [0.25, 0.3) is 0 Å². The first-order valence-electron chi connectivity index (χ1n) is 5.10. The van der Waals surface area contributed by atoms with Crippen molar-refractivity contribution in [2.45, 2.75) is 13.0 Å². The number of benzene rings is 1. The summed E-state index contributed by atoms with van der Waals surface area (Å²) in [6.07, 6.45) is 0. The highest BCUT2D eigenvalue weighted by molar-refractivity contribution is 5.47. The van der Waals surface area contributed by atoms with Crippen LogP contribution in [-0.2, 0) is 0 Å². The second kappa shape index (κ2) is 4.14. The van der Waals surface area contributed by atoms with Gasteiger partial charge in [-0.25, -0.2) is 8.78 Å². The maximum absolute atomic E-state index is 13.0. The number of rotatable bonds is 1. The molecule has 0 saturated carbocycles. The molecule has 0 unspecified atom stereocenters. The third kappa shape index (κ3) is 2.26. The molecule has 1 aromatic carbocycles. The normalized spacial score (nSPS) is 21.8. The van der Waals surface area contributed by atoms with Gasteiger partial charge in [0.05, 0.1) is 0 Å². The van der Waals surface area contributed by atoms with E-state index >= 15 is 0 Å². The number of hydrogen-bond donors (Lipinski definition) is 1. The average Bonchev–Trinajstić information content (AvgIpc) is 2.22. The van der Waals surface area contributed by atoms with Crippen molar-refractivity contribution in [3.63, 3.8) is 0 Å². The lowest BCUT2D eigenvalue weighted by molar-refractivity contribution is 0.480. The van der Waals surface area contributed by atoms with Crippen molar-refractivity contribution >= 4 is 5.69 Å². The zero-order valence-corrected chi connectivity index (χ0v) is 8.63. The maximum Gasteiger partial charge on any atom is 0.160 e. The molecule has 1 saturated heterocycles. The minimum absolute atomic E-state index is 0.381. The fourth-order valence-corrected chi connectivity index (χ4v) is 1.85. The van der Waals surface area contributed by atoms with Crippen LogP contribution in [0.5, 0.6) is 0 Å². The van der Waals surface area contributed by atoms with Gasteiger partial charge >= 0.3 is 0 Å². The van der Waals surface area contributed by atoms with E-state index in [4.69, 9.17) is 0 Å². The lowest BCUT2D eigenvalue weighted by atomic mass is 10.2. The summed E-state index contributed by atoms with van der Waals surface area (Å²) in [5.41, 5.74) is 0.752. The number of nitrogens with one attached hydrogen (secondary N) is 1. The van der Waals surface area contributed by atoms with Gasteiger partial charge < -0.3 is 10.2 Å². The highest BCUT2D eigenvalue weighted by atomic mass is 19.2. The lowest BCUT2D eigenvalue weighted by Crippen LogP contribution is -2.49. The second-order valence-electron chi connectivity index (χ2n) is 3.90. The van der Waals surface area contributed by atoms with Gasteiger partial charge in [0.2, 0.25) is 0 Å². The molecule has 4 heteroatoms. The van der Waals surface area contributed by atoms with E-state index in [1.807, 2.05) is 0 Å². The number of anilines is 1. The van der Waals surface area contributed by atoms with Crippen LogP contribution >= 0.6 is 0 Å². The molecule has 1 aliphatic rings. The van der Waals surface area contributed by atoms with Gasteiger partial charge in [-0.1, -0.05) is 0 Å². The van der Waals surface area contributed by atoms with Gasteiger partial charge in [-0.2, -0.15) is 0 Å². The van der Waals surface area contributed by atoms with E-state index in [-0.39, 0.29) is 0 Å². The van der Waals surface area contributed by atoms with Crippen molar-refractivity contribution in [3.8, 4) is 0 Å². The van der Waals surface area contributed by atoms with E-state index in [0.29, 0.717) is 6.04 Å². The Morgan fingerprint density at radius 2 is 2.13 bits per heavy atom. The van der Waals surface area contributed by atoms with Crippen molar-refractivity contribution < 1.29 is 8.78 Å². The van der Waals surface area contributed by atoms with Crippen molar-refractivity contribution in [2.75, 3.05) is 24.5 Å². The van der Waals surface area contributed by atoms with Crippen LogP contribution in [0.4, 0.5) is 14.5 Å². The molecule has 1 N–H and O–H groups in total. The first-order chi connectivity index (χ1) is 7.16. The Morgan fingerprint density at radius 1 is 1.33 bits per heavy atom. The Kier molecular flexibility index (Phi) is 2.86. The maximum atomic E-state index is 13.0. The van der Waals surface area contributed by atoms with Crippen molar-refractivity contribution in [2.24, 2.45) is 0 Å². The van der Waals surface area contributed by atoms with Gasteiger partial charge in [0.25, 0.3) is 0 Å². The molecule has 0 amide bonds. The molecule has 2 rings (SSSR count). The van der Waals surface area contributed by atoms with Gasteiger partial charge in [0.1, 0.15) is 0 Å². The Balaban J connectivity index is 2.18. The highest BCUT2D eigenvalue weighted by Gasteiger charge is 2.16. The molecule has 0 radical (unpaired) electrons. The summed E-state index contributed by atoms with van der Waals surface area (Å²) in [4.78, 5) is 2.06. The molecule has 1 aromatic rings. The van der Waals surface area contributed by atoms with Crippen LogP contribution in [0.1, 0.15) is 6.92 Å². The molecule has 0 aromatic heterocycles. The molecule has 0 spiro atoms. The third-order valence-corrected chi connectivity index (χ3v) is 2.64. The third-order valence-electron chi connectivity index (χ3n) is 2.64. The van der Waals surface area contributed by atoms with Gasteiger partial charge in [-0.15, -0.1) is 0 Å². The molecule has 1 aliphatic heterocycles. The van der Waals surface area contributed by atoms with Crippen LogP contribution in [0.2, 0.25) is 0 Å². The van der Waals surface area contributed by atoms with Gasteiger partial charge in [-0.05, 0) is 19.1 Å². The molecule has 1 heterocycles. The summed E-state index contributed by atoms with van der Waals surface area (Å²) in [6, 6.07) is 4.44. The van der Waals surface area contributed by atoms with Crippen LogP contribution in [-0.4, -0.2) is 25.7 Å². The molecular weight excluding hydrogens is 198 g/mol. The molecule has 1 fully saturated rings. The molecular formula is C11H14F2N2. The van der Waals surface area contributed by atoms with E-state index in [9.17, 15) is 8.78 Å². The summed E-state index contributed by atoms with van der Waals surface area (Å²) in [5, 5.41) is 3.30. The van der Waals surface area contributed by atoms with Crippen LogP contribution in [0, 0.1) is 11.6 Å². The van der Waals surface area contributed by atoms with Gasteiger partial charge in [-0.3, -0.25) is 0 Å². The molecule has 15 heavy (non-hydrogen) atoms. The fraction of sp³-hybridized carbons (Fsp3) is 0.455. The van der Waals surface area contributed by atoms with E-state index in [1.165, 1.54) is 12.1 Å². The van der Waals surface area contributed by atoms with Crippen LogP contribution < -0.4 is 10.2 Å². The van der Waals surface area contributed by atoms with Crippen LogP contribution in [0.3, 0.4) is 0 Å². The number of nitrogens with zero attached hydrogens (tertiary/aromatic N) is 1. The molecule has 0 bridgehead atoms. The van der Waals surface area contributed by atoms with Crippen molar-refractivity contribution in [1.29, 1.82) is 0 Å². The van der Waals surface area contributed by atoms with Crippen LogP contribution in [0.15, 0.2) is 18.2 Å². The Bertz CT molecular complexity index is 354. The number of piperazine rings is 1. The predicted octanol–water partition coefficient (Wildman–Crippen LogP) is 1.76. The van der Waals surface area contributed by atoms with Gasteiger partial charge in [0.15, 0.2) is 11.6 Å². The van der Waals surface area contributed by atoms with Gasteiger partial charge in [0, 0.05) is 37.4 Å². The quantitative estimate of drug-likeness (QED) is 0.763. The smallest absolute Gasteiger partial charge is 0.160 e. The lowest BCUT2D eigenvalue weighted by Gasteiger charge is -2.33. The van der Waals surface area contributed by atoms with E-state index < -0.39 is 11.6 Å². The van der Waals surface area contributed by atoms with Crippen molar-refractivity contribution in [3.05, 3.63) is 29.8 Å². The summed E-state index contributed by atoms with van der Waals surface area (Å²) >= 11 is 0. The average molecular weight is 212 g/mol. The minimum atomic E-state index is -0.790. The Labute approximate surface area is 87.9 Å². The Hall–Kier alpha value is -1.16. The largest absolute Gasteiger partial charge is 0.369 e. The van der Waals surface area contributed by atoms with E-state index in [0.717, 1.165) is 25.3 Å². The molecule has 0 aliphatic carbocycles. The Morgan fingerprint density at radius 3 is 2.80 bits per heavy atom. The summed E-state index contributed by atoms with van der Waals surface area (Å²) < 4.78 is 25.8. The predicted molar refractivity (Wildman–Crippen MR) is 56.0 cm³/mol. The number of hydrogen-bond acceptors (Lipinski definition) is 2. The van der Waals surface area contributed by atoms with E-state index in [2.05, 4.69) is 17.1 Å². The first-order valence-corrected chi connectivity index (χ1v) is 5.10. The second-order valence-corrected chi connectivity index (χ2v) is 3.90. The monoisotopic (exact) mass is 212 g/mol. The number of halogens is 2. The molecule has 2 nitrogen and oxygen atoms in total. The standard InChI is InChI=1S/C11H14F2N2/c1-8-7-15(5-4-14-8)9-2-3-10(12)11(13)6-9/h2-3,6,8,14H,4-5,7H2,1H3/t8-/m1/s1. The fourth-order valence-electron chi connectivity index (χ4n) is 1.85.